The predicted octanol–water partition coefficient (Wildman–Crippen LogP) is 5.49. The smallest absolute Gasteiger partial charge is 0.255 e. The molecule has 5 rings (SSSR count). The fourth-order valence-electron chi connectivity index (χ4n) is 3.85. The molecule has 33 heavy (non-hydrogen) atoms. The highest BCUT2D eigenvalue weighted by molar-refractivity contribution is 6.30. The van der Waals surface area contributed by atoms with E-state index in [2.05, 4.69) is 14.9 Å². The molecule has 0 saturated heterocycles. The Morgan fingerprint density at radius 3 is 2.48 bits per heavy atom. The Kier molecular flexibility index (Phi) is 6.13. The Hall–Kier alpha value is -3.19. The number of hydrogen-bond donors (Lipinski definition) is 1. The number of nitrogens with one attached hydrogen (secondary N) is 1. The maximum Gasteiger partial charge on any atom is 0.255 e. The van der Waals surface area contributed by atoms with Gasteiger partial charge in [-0.2, -0.15) is 0 Å². The fraction of sp³-hybridized carbons (Fsp3) is 0.160. The van der Waals surface area contributed by atoms with Gasteiger partial charge in [0.15, 0.2) is 0 Å². The van der Waals surface area contributed by atoms with Gasteiger partial charge in [0.25, 0.3) is 5.56 Å². The Bertz CT molecular complexity index is 1340. The normalized spacial score (nSPS) is 13.5. The second kappa shape index (κ2) is 9.35. The third-order valence-corrected chi connectivity index (χ3v) is 6.04. The van der Waals surface area contributed by atoms with E-state index in [-0.39, 0.29) is 5.56 Å². The average Bonchev–Trinajstić information content (AvgIpc) is 2.82. The SMILES string of the molecule is O=c1[nH]c(-c2ccc(Cl)cc2)nc2c1CN(Cc1cccnc1Oc1ccc(Cl)cc1)CC2. The third-order valence-electron chi connectivity index (χ3n) is 5.54. The van der Waals surface area contributed by atoms with E-state index >= 15 is 0 Å². The maximum absolute atomic E-state index is 12.9. The molecule has 0 fully saturated rings. The number of hydrogen-bond acceptors (Lipinski definition) is 5. The van der Waals surface area contributed by atoms with Gasteiger partial charge in [-0.15, -0.1) is 0 Å². The lowest BCUT2D eigenvalue weighted by atomic mass is 10.1. The van der Waals surface area contributed by atoms with Gasteiger partial charge in [0.05, 0.1) is 11.3 Å². The van der Waals surface area contributed by atoms with Gasteiger partial charge < -0.3 is 9.72 Å². The van der Waals surface area contributed by atoms with E-state index in [0.717, 1.165) is 23.4 Å². The molecular formula is C25H20Cl2N4O2. The van der Waals surface area contributed by atoms with Crippen LogP contribution in [0.3, 0.4) is 0 Å². The summed E-state index contributed by atoms with van der Waals surface area (Å²) in [4.78, 5) is 27.1. The van der Waals surface area contributed by atoms with Gasteiger partial charge in [0.1, 0.15) is 11.6 Å². The Balaban J connectivity index is 1.35. The number of halogens is 2. The lowest BCUT2D eigenvalue weighted by molar-refractivity contribution is 0.238. The second-order valence-electron chi connectivity index (χ2n) is 7.83. The van der Waals surface area contributed by atoms with Crippen molar-refractivity contribution in [1.29, 1.82) is 0 Å². The van der Waals surface area contributed by atoms with E-state index in [0.29, 0.717) is 52.6 Å². The molecule has 0 radical (unpaired) electrons. The molecule has 2 aromatic carbocycles. The predicted molar refractivity (Wildman–Crippen MR) is 129 cm³/mol. The van der Waals surface area contributed by atoms with Crippen molar-refractivity contribution in [1.82, 2.24) is 19.9 Å². The highest BCUT2D eigenvalue weighted by Crippen LogP contribution is 2.27. The summed E-state index contributed by atoms with van der Waals surface area (Å²) in [5.41, 5.74) is 3.20. The van der Waals surface area contributed by atoms with Crippen LogP contribution < -0.4 is 10.3 Å². The molecule has 0 aliphatic carbocycles. The maximum atomic E-state index is 12.9. The van der Waals surface area contributed by atoms with E-state index in [1.807, 2.05) is 24.3 Å². The number of nitrogens with zero attached hydrogens (tertiary/aromatic N) is 3. The molecule has 0 spiro atoms. The monoisotopic (exact) mass is 478 g/mol. The number of rotatable bonds is 5. The lowest BCUT2D eigenvalue weighted by Gasteiger charge is -2.28. The molecule has 0 bridgehead atoms. The number of aromatic nitrogens is 3. The highest BCUT2D eigenvalue weighted by Gasteiger charge is 2.23. The van der Waals surface area contributed by atoms with Crippen molar-refractivity contribution in [2.45, 2.75) is 19.5 Å². The molecule has 4 aromatic rings. The van der Waals surface area contributed by atoms with Crippen molar-refractivity contribution >= 4 is 23.2 Å². The summed E-state index contributed by atoms with van der Waals surface area (Å²) in [6, 6.07) is 18.3. The molecule has 2 aromatic heterocycles. The van der Waals surface area contributed by atoms with E-state index in [9.17, 15) is 4.79 Å². The first-order valence-corrected chi connectivity index (χ1v) is 11.3. The third kappa shape index (κ3) is 4.93. The quantitative estimate of drug-likeness (QED) is 0.410. The molecule has 0 amide bonds. The van der Waals surface area contributed by atoms with Crippen molar-refractivity contribution in [2.24, 2.45) is 0 Å². The van der Waals surface area contributed by atoms with Crippen LogP contribution in [0.25, 0.3) is 11.4 Å². The Labute approximate surface area is 200 Å². The first-order valence-electron chi connectivity index (χ1n) is 10.5. The van der Waals surface area contributed by atoms with Gasteiger partial charge in [-0.3, -0.25) is 9.69 Å². The van der Waals surface area contributed by atoms with Crippen LogP contribution in [0.5, 0.6) is 11.6 Å². The first kappa shape index (κ1) is 21.6. The molecule has 1 aliphatic heterocycles. The van der Waals surface area contributed by atoms with Gasteiger partial charge in [-0.25, -0.2) is 9.97 Å². The molecule has 8 heteroatoms. The Morgan fingerprint density at radius 1 is 1.00 bits per heavy atom. The van der Waals surface area contributed by atoms with Crippen LogP contribution in [-0.4, -0.2) is 26.4 Å². The molecule has 1 N–H and O–H groups in total. The van der Waals surface area contributed by atoms with Crippen LogP contribution in [-0.2, 0) is 19.5 Å². The average molecular weight is 479 g/mol. The minimum Gasteiger partial charge on any atom is -0.439 e. The molecule has 0 atom stereocenters. The summed E-state index contributed by atoms with van der Waals surface area (Å²) >= 11 is 11.9. The lowest BCUT2D eigenvalue weighted by Crippen LogP contribution is -2.35. The van der Waals surface area contributed by atoms with Gasteiger partial charge >= 0.3 is 0 Å². The van der Waals surface area contributed by atoms with Crippen LogP contribution in [0.2, 0.25) is 10.0 Å². The highest BCUT2D eigenvalue weighted by atomic mass is 35.5. The van der Waals surface area contributed by atoms with Crippen molar-refractivity contribution in [3.63, 3.8) is 0 Å². The molecular weight excluding hydrogens is 459 g/mol. The standard InChI is InChI=1S/C25H20Cl2N4O2/c26-18-5-3-16(4-6-18)23-29-22-11-13-31(15-21(22)24(32)30-23)14-17-2-1-12-28-25(17)33-20-9-7-19(27)8-10-20/h1-10,12H,11,13-15H2,(H,29,30,32). The number of benzene rings is 2. The summed E-state index contributed by atoms with van der Waals surface area (Å²) in [6.07, 6.45) is 2.39. The summed E-state index contributed by atoms with van der Waals surface area (Å²) in [5.74, 6) is 1.77. The van der Waals surface area contributed by atoms with Crippen LogP contribution in [0.15, 0.2) is 71.7 Å². The van der Waals surface area contributed by atoms with Crippen LogP contribution in [0, 0.1) is 0 Å². The number of ether oxygens (including phenoxy) is 1. The second-order valence-corrected chi connectivity index (χ2v) is 8.70. The molecule has 166 valence electrons. The zero-order valence-electron chi connectivity index (χ0n) is 17.6. The molecule has 0 saturated carbocycles. The Morgan fingerprint density at radius 2 is 1.73 bits per heavy atom. The number of aromatic amines is 1. The number of H-pyrrole nitrogens is 1. The largest absolute Gasteiger partial charge is 0.439 e. The first-order chi connectivity index (χ1) is 16.0. The number of pyridine rings is 1. The zero-order valence-corrected chi connectivity index (χ0v) is 19.1. The molecule has 3 heterocycles. The van der Waals surface area contributed by atoms with Crippen LogP contribution in [0.1, 0.15) is 16.8 Å². The van der Waals surface area contributed by atoms with Gasteiger partial charge in [0.2, 0.25) is 5.88 Å². The molecule has 0 unspecified atom stereocenters. The summed E-state index contributed by atoms with van der Waals surface area (Å²) in [5, 5.41) is 1.29. The minimum absolute atomic E-state index is 0.113. The topological polar surface area (TPSA) is 71.1 Å². The van der Waals surface area contributed by atoms with Gasteiger partial charge in [0, 0.05) is 53.4 Å². The summed E-state index contributed by atoms with van der Waals surface area (Å²) in [7, 11) is 0. The van der Waals surface area contributed by atoms with Gasteiger partial charge in [-0.1, -0.05) is 29.3 Å². The van der Waals surface area contributed by atoms with E-state index in [4.69, 9.17) is 32.9 Å². The molecule has 1 aliphatic rings. The minimum atomic E-state index is -0.113. The van der Waals surface area contributed by atoms with E-state index in [1.165, 1.54) is 0 Å². The van der Waals surface area contributed by atoms with Crippen molar-refractivity contribution < 1.29 is 4.74 Å². The number of fused-ring (bicyclic) bond motifs is 1. The van der Waals surface area contributed by atoms with Gasteiger partial charge in [-0.05, 0) is 54.6 Å². The van der Waals surface area contributed by atoms with Crippen molar-refractivity contribution in [2.75, 3.05) is 6.54 Å². The molecule has 6 nitrogen and oxygen atoms in total. The van der Waals surface area contributed by atoms with Crippen LogP contribution >= 0.6 is 23.2 Å². The van der Waals surface area contributed by atoms with E-state index in [1.54, 1.807) is 42.6 Å². The van der Waals surface area contributed by atoms with Crippen molar-refractivity contribution in [3.8, 4) is 23.0 Å². The van der Waals surface area contributed by atoms with Crippen molar-refractivity contribution in [3.05, 3.63) is 104 Å². The van der Waals surface area contributed by atoms with E-state index < -0.39 is 0 Å². The van der Waals surface area contributed by atoms with Crippen LogP contribution in [0.4, 0.5) is 0 Å². The summed E-state index contributed by atoms with van der Waals surface area (Å²) < 4.78 is 5.99. The zero-order chi connectivity index (χ0) is 22.8. The summed E-state index contributed by atoms with van der Waals surface area (Å²) in [6.45, 7) is 1.89. The fourth-order valence-corrected chi connectivity index (χ4v) is 4.10.